The van der Waals surface area contributed by atoms with Gasteiger partial charge >= 0.3 is 32.7 Å². The van der Waals surface area contributed by atoms with Gasteiger partial charge in [0, 0.05) is 0 Å². The quantitative estimate of drug-likeness (QED) is 0.237. The van der Waals surface area contributed by atoms with Crippen molar-refractivity contribution in [3.63, 3.8) is 0 Å². The van der Waals surface area contributed by atoms with Crippen LogP contribution in [0.15, 0.2) is 12.7 Å². The van der Waals surface area contributed by atoms with Crippen LogP contribution in [0.1, 0.15) is 6.23 Å². The van der Waals surface area contributed by atoms with Crippen molar-refractivity contribution in [2.24, 2.45) is 0 Å². The maximum absolute atomic E-state index is 12.3. The Kier molecular flexibility index (Phi) is 6.99. The van der Waals surface area contributed by atoms with Gasteiger partial charge in [-0.15, -0.1) is 6.10 Å². The van der Waals surface area contributed by atoms with Crippen molar-refractivity contribution in [3.05, 3.63) is 12.7 Å². The third-order valence-corrected chi connectivity index (χ3v) is 5.71. The molecule has 1 fully saturated rings. The number of imidazole rings is 1. The van der Waals surface area contributed by atoms with Crippen LogP contribution in [0, 0.1) is 0 Å². The summed E-state index contributed by atoms with van der Waals surface area (Å²) < 4.78 is 36.4. The van der Waals surface area contributed by atoms with Crippen LogP contribution in [-0.2, 0) is 39.8 Å². The molecule has 0 amide bonds. The van der Waals surface area contributed by atoms with Crippen LogP contribution in [0.4, 0.5) is 5.82 Å². The Bertz CT molecular complexity index is 938. The number of nitrogens with zero attached hydrogens (tertiary/aromatic N) is 4. The number of hydrogen-bond donors (Lipinski definition) is 4. The van der Waals surface area contributed by atoms with E-state index in [1.165, 1.54) is 10.9 Å². The summed E-state index contributed by atoms with van der Waals surface area (Å²) in [5.41, 5.74) is 5.96. The third kappa shape index (κ3) is 4.94. The molecule has 1 saturated heterocycles. The predicted molar refractivity (Wildman–Crippen MR) is 80.1 cm³/mol. The summed E-state index contributed by atoms with van der Waals surface area (Å²) in [6.45, 7) is -0.916. The Morgan fingerprint density at radius 2 is 1.89 bits per heavy atom. The van der Waals surface area contributed by atoms with Crippen LogP contribution in [-0.4, -0.2) is 59.1 Å². The van der Waals surface area contributed by atoms with Gasteiger partial charge < -0.3 is 35.4 Å². The molecule has 28 heavy (non-hydrogen) atoms. The zero-order valence-corrected chi connectivity index (χ0v) is 16.4. The van der Waals surface area contributed by atoms with Crippen LogP contribution in [0.5, 0.6) is 0 Å². The van der Waals surface area contributed by atoms with Crippen LogP contribution >= 0.6 is 15.6 Å². The molecule has 18 heteroatoms. The first kappa shape index (κ1) is 23.3. The molecule has 5 atom stereocenters. The van der Waals surface area contributed by atoms with Gasteiger partial charge in [0.2, 0.25) is 0 Å². The van der Waals surface area contributed by atoms with Crippen molar-refractivity contribution in [2.45, 2.75) is 24.5 Å². The first-order valence-electron chi connectivity index (χ1n) is 7.13. The molecule has 1 unspecified atom stereocenters. The Balaban J connectivity index is 0.00000280. The van der Waals surface area contributed by atoms with E-state index in [9.17, 15) is 24.2 Å². The molecule has 1 aliphatic rings. The second-order valence-corrected chi connectivity index (χ2v) is 8.24. The van der Waals surface area contributed by atoms with Crippen molar-refractivity contribution in [1.29, 1.82) is 0 Å². The summed E-state index contributed by atoms with van der Waals surface area (Å²) >= 11 is 0. The van der Waals surface area contributed by atoms with E-state index in [1.807, 2.05) is 0 Å². The number of fused-ring (bicyclic) bond motifs is 1. The Morgan fingerprint density at radius 3 is 2.54 bits per heavy atom. The fourth-order valence-electron chi connectivity index (χ4n) is 2.45. The summed E-state index contributed by atoms with van der Waals surface area (Å²) in [5, 5.41) is 24.4. The maximum Gasteiger partial charge on any atom is 2.00 e. The Hall–Kier alpha value is -0.991. The molecule has 2 aromatic heterocycles. The summed E-state index contributed by atoms with van der Waals surface area (Å²) in [6, 6.07) is 0. The molecule has 0 radical (unpaired) electrons. The molecule has 1 aliphatic heterocycles. The van der Waals surface area contributed by atoms with Gasteiger partial charge in [0.25, 0.3) is 0 Å². The zero-order chi connectivity index (χ0) is 20.0. The van der Waals surface area contributed by atoms with E-state index in [1.54, 1.807) is 0 Å². The molecule has 3 heterocycles. The van der Waals surface area contributed by atoms with Gasteiger partial charge in [-0.25, -0.2) is 24.1 Å². The number of nitrogens with two attached hydrogens (primary N) is 1. The zero-order valence-electron chi connectivity index (χ0n) is 13.5. The molecule has 2 aromatic rings. The average Bonchev–Trinajstić information content (AvgIpc) is 3.07. The minimum Gasteiger partial charge on any atom is -0.851 e. The number of aromatic nitrogens is 4. The molecular weight excluding hydrogens is 468 g/mol. The van der Waals surface area contributed by atoms with E-state index in [4.69, 9.17) is 20.3 Å². The molecule has 0 aromatic carbocycles. The second kappa shape index (κ2) is 8.40. The smallest absolute Gasteiger partial charge is 0.851 e. The van der Waals surface area contributed by atoms with Crippen LogP contribution in [0.3, 0.4) is 0 Å². The third-order valence-electron chi connectivity index (χ3n) is 3.56. The van der Waals surface area contributed by atoms with Gasteiger partial charge in [-0.3, -0.25) is 9.09 Å². The molecule has 156 valence electrons. The van der Waals surface area contributed by atoms with E-state index < -0.39 is 46.8 Å². The van der Waals surface area contributed by atoms with Crippen molar-refractivity contribution in [3.8, 4) is 0 Å². The molecule has 0 bridgehead atoms. The van der Waals surface area contributed by atoms with Crippen molar-refractivity contribution >= 4 is 32.6 Å². The number of hydrogen-bond acceptors (Lipinski definition) is 11. The topological polar surface area (TPSA) is 238 Å². The molecule has 3 rings (SSSR count). The minimum atomic E-state index is -5.32. The van der Waals surface area contributed by atoms with Gasteiger partial charge in [0.05, 0.1) is 19.0 Å². The van der Waals surface area contributed by atoms with Crippen molar-refractivity contribution in [2.75, 3.05) is 12.3 Å². The molecule has 0 spiro atoms. The van der Waals surface area contributed by atoms with Gasteiger partial charge in [0.15, 0.2) is 11.5 Å². The molecule has 15 nitrogen and oxygen atoms in total. The average molecular weight is 481 g/mol. The number of anilines is 1. The van der Waals surface area contributed by atoms with E-state index in [-0.39, 0.29) is 34.1 Å². The van der Waals surface area contributed by atoms with Crippen LogP contribution < -0.4 is 15.9 Å². The number of ether oxygens (including phenoxy) is 1. The summed E-state index contributed by atoms with van der Waals surface area (Å²) in [4.78, 5) is 37.9. The predicted octanol–water partition coefficient (Wildman–Crippen LogP) is -3.01. The Labute approximate surface area is 166 Å². The fraction of sp³-hybridized carbons (Fsp3) is 0.500. The maximum atomic E-state index is 12.3. The standard InChI is InChI=1S/C10H13N5O10P2.Fe/c11-8-5-9(13-2-12-8)15(3-14-5)10-7(17)6(16)4(24-10)1-23-27(21,22)25-26(18,19)20;/h2-4,6-7,10H,1H2,(H,21,22)(H2,11,12,13)(H2,18,19,20);/q-2;+2/t4-,6-,7-,10-;/m1./s1. The van der Waals surface area contributed by atoms with Crippen LogP contribution in [0.25, 0.3) is 11.2 Å². The van der Waals surface area contributed by atoms with Gasteiger partial charge in [-0.1, -0.05) is 6.10 Å². The van der Waals surface area contributed by atoms with E-state index in [0.717, 1.165) is 6.33 Å². The minimum absolute atomic E-state index is 0. The number of nitrogen functional groups attached to an aromatic ring is 1. The molecular formula is C10H13FeN5O10P2. The van der Waals surface area contributed by atoms with Gasteiger partial charge in [0.1, 0.15) is 18.1 Å². The van der Waals surface area contributed by atoms with Crippen molar-refractivity contribution in [1.82, 2.24) is 19.5 Å². The first-order chi connectivity index (χ1) is 12.5. The van der Waals surface area contributed by atoms with E-state index in [2.05, 4.69) is 23.8 Å². The second-order valence-electron chi connectivity index (χ2n) is 5.41. The van der Waals surface area contributed by atoms with Crippen LogP contribution in [0.2, 0.25) is 0 Å². The summed E-state index contributed by atoms with van der Waals surface area (Å²) in [5.74, 6) is 0.0496. The molecule has 5 N–H and O–H groups in total. The first-order valence-corrected chi connectivity index (χ1v) is 10.2. The molecule has 0 aliphatic carbocycles. The normalized spacial score (nSPS) is 27.5. The number of phosphoric acid groups is 2. The monoisotopic (exact) mass is 481 g/mol. The fourth-order valence-corrected chi connectivity index (χ4v) is 4.05. The van der Waals surface area contributed by atoms with Crippen molar-refractivity contribution < 1.29 is 64.7 Å². The Morgan fingerprint density at radius 1 is 1.21 bits per heavy atom. The number of phosphoric ester groups is 1. The van der Waals surface area contributed by atoms with Gasteiger partial charge in [-0.05, 0) is 0 Å². The van der Waals surface area contributed by atoms with E-state index in [0.29, 0.717) is 0 Å². The largest absolute Gasteiger partial charge is 2.00 e. The summed E-state index contributed by atoms with van der Waals surface area (Å²) in [7, 11) is -10.5. The van der Waals surface area contributed by atoms with Gasteiger partial charge in [-0.2, -0.15) is 4.31 Å². The summed E-state index contributed by atoms with van der Waals surface area (Å²) in [6.07, 6.45) is -4.37. The van der Waals surface area contributed by atoms with E-state index >= 15 is 0 Å². The SMILES string of the molecule is Nc1ncnc2c1ncn2[C@@H]1O[C@H](COP(=O)(O)OP(=O)(O)O)[C@@H]([O-])[C@H]1[O-].[Fe+2]. The molecule has 0 saturated carbocycles. The number of rotatable bonds is 6.